The summed E-state index contributed by atoms with van der Waals surface area (Å²) in [6.45, 7) is 4.00. The van der Waals surface area contributed by atoms with Crippen molar-refractivity contribution in [3.63, 3.8) is 0 Å². The van der Waals surface area contributed by atoms with Crippen LogP contribution in [0.5, 0.6) is 0 Å². The van der Waals surface area contributed by atoms with E-state index in [-0.39, 0.29) is 13.3 Å². The Morgan fingerprint density at radius 2 is 1.22 bits per heavy atom. The topological polar surface area (TPSA) is 43.1 Å². The molecule has 0 radical (unpaired) electrons. The fourth-order valence-corrected chi connectivity index (χ4v) is 3.84. The standard InChI is InChI=1S/C14H25NO.C2H6.H2/c15-14(16)13(11-7-3-1-4-8-11)12-9-5-2-6-10-12;1-2;/h11-13H,1-10H2,(H2,15,16);1-2H3;1H. The zero-order valence-electron chi connectivity index (χ0n) is 12.3. The van der Waals surface area contributed by atoms with Crippen LogP contribution in [0.3, 0.4) is 0 Å². The summed E-state index contributed by atoms with van der Waals surface area (Å²) in [5, 5.41) is 0. The van der Waals surface area contributed by atoms with Crippen LogP contribution in [0.4, 0.5) is 0 Å². The molecule has 1 amide bonds. The van der Waals surface area contributed by atoms with E-state index in [1.54, 1.807) is 0 Å². The molecule has 2 rings (SSSR count). The minimum Gasteiger partial charge on any atom is -0.369 e. The van der Waals surface area contributed by atoms with Crippen molar-refractivity contribution in [1.29, 1.82) is 0 Å². The molecular formula is C16H33NO. The van der Waals surface area contributed by atoms with Crippen molar-refractivity contribution >= 4 is 5.91 Å². The Balaban J connectivity index is 0.00000103. The second-order valence-corrected chi connectivity index (χ2v) is 5.72. The summed E-state index contributed by atoms with van der Waals surface area (Å²) < 4.78 is 0. The summed E-state index contributed by atoms with van der Waals surface area (Å²) >= 11 is 0. The molecule has 0 unspecified atom stereocenters. The molecule has 0 aromatic rings. The molecule has 0 saturated heterocycles. The highest BCUT2D eigenvalue weighted by molar-refractivity contribution is 5.77. The maximum Gasteiger partial charge on any atom is 0.221 e. The first-order valence-corrected chi connectivity index (χ1v) is 8.08. The summed E-state index contributed by atoms with van der Waals surface area (Å²) in [6.07, 6.45) is 12.9. The van der Waals surface area contributed by atoms with Gasteiger partial charge in [-0.05, 0) is 37.5 Å². The summed E-state index contributed by atoms with van der Waals surface area (Å²) in [4.78, 5) is 11.7. The number of carbonyl (C=O) groups is 1. The highest BCUT2D eigenvalue weighted by Gasteiger charge is 2.34. The SMILES string of the molecule is CC.NC(=O)C(C1CCCCC1)C1CCCCC1.[HH]. The third kappa shape index (κ3) is 4.29. The molecule has 108 valence electrons. The van der Waals surface area contributed by atoms with Gasteiger partial charge >= 0.3 is 0 Å². The largest absolute Gasteiger partial charge is 0.369 e. The lowest BCUT2D eigenvalue weighted by molar-refractivity contribution is -0.126. The minimum atomic E-state index is -0.0150. The summed E-state index contributed by atoms with van der Waals surface area (Å²) in [6, 6.07) is 0. The van der Waals surface area contributed by atoms with E-state index < -0.39 is 0 Å². The van der Waals surface area contributed by atoms with Crippen molar-refractivity contribution in [2.75, 3.05) is 0 Å². The molecular weight excluding hydrogens is 222 g/mol. The zero-order valence-corrected chi connectivity index (χ0v) is 12.3. The molecule has 2 aliphatic rings. The first-order chi connectivity index (χ1) is 8.79. The highest BCUT2D eigenvalue weighted by Crippen LogP contribution is 2.39. The van der Waals surface area contributed by atoms with Crippen LogP contribution in [-0.2, 0) is 4.79 Å². The molecule has 0 spiro atoms. The van der Waals surface area contributed by atoms with Crippen LogP contribution < -0.4 is 5.73 Å². The van der Waals surface area contributed by atoms with Crippen molar-refractivity contribution < 1.29 is 6.22 Å². The van der Waals surface area contributed by atoms with Crippen LogP contribution in [-0.4, -0.2) is 5.91 Å². The summed E-state index contributed by atoms with van der Waals surface area (Å²) in [7, 11) is 0. The highest BCUT2D eigenvalue weighted by atomic mass is 16.1. The average molecular weight is 255 g/mol. The Bertz CT molecular complexity index is 215. The summed E-state index contributed by atoms with van der Waals surface area (Å²) in [5.74, 6) is 1.39. The van der Waals surface area contributed by atoms with E-state index >= 15 is 0 Å². The van der Waals surface area contributed by atoms with Gasteiger partial charge < -0.3 is 5.73 Å². The lowest BCUT2D eigenvalue weighted by Crippen LogP contribution is -2.37. The van der Waals surface area contributed by atoms with Gasteiger partial charge in [-0.2, -0.15) is 0 Å². The third-order valence-corrected chi connectivity index (χ3v) is 4.64. The van der Waals surface area contributed by atoms with E-state index in [4.69, 9.17) is 5.73 Å². The molecule has 0 heterocycles. The smallest absolute Gasteiger partial charge is 0.221 e. The Morgan fingerprint density at radius 1 is 0.889 bits per heavy atom. The number of nitrogens with two attached hydrogens (primary N) is 1. The molecule has 0 aliphatic heterocycles. The van der Waals surface area contributed by atoms with Crippen LogP contribution in [0.25, 0.3) is 0 Å². The van der Waals surface area contributed by atoms with Crippen LogP contribution in [0.2, 0.25) is 0 Å². The van der Waals surface area contributed by atoms with E-state index in [9.17, 15) is 4.79 Å². The fourth-order valence-electron chi connectivity index (χ4n) is 3.84. The summed E-state index contributed by atoms with van der Waals surface area (Å²) in [5.41, 5.74) is 5.66. The van der Waals surface area contributed by atoms with Gasteiger partial charge in [0.2, 0.25) is 5.91 Å². The molecule has 2 heteroatoms. The van der Waals surface area contributed by atoms with Gasteiger partial charge in [-0.25, -0.2) is 0 Å². The van der Waals surface area contributed by atoms with Crippen molar-refractivity contribution in [3.8, 4) is 0 Å². The van der Waals surface area contributed by atoms with Gasteiger partial charge in [-0.1, -0.05) is 52.4 Å². The van der Waals surface area contributed by atoms with Crippen LogP contribution >= 0.6 is 0 Å². The van der Waals surface area contributed by atoms with Crippen LogP contribution in [0.15, 0.2) is 0 Å². The zero-order chi connectivity index (χ0) is 13.4. The number of carbonyl (C=O) groups excluding carboxylic acids is 1. The second kappa shape index (κ2) is 8.55. The third-order valence-electron chi connectivity index (χ3n) is 4.64. The Labute approximate surface area is 114 Å². The normalized spacial score (nSPS) is 22.4. The van der Waals surface area contributed by atoms with Crippen LogP contribution in [0, 0.1) is 17.8 Å². The van der Waals surface area contributed by atoms with E-state index in [0.29, 0.717) is 11.8 Å². The minimum absolute atomic E-state index is 0. The van der Waals surface area contributed by atoms with E-state index in [0.717, 1.165) is 0 Å². The Hall–Kier alpha value is -0.530. The first kappa shape index (κ1) is 15.5. The van der Waals surface area contributed by atoms with E-state index in [2.05, 4.69) is 0 Å². The van der Waals surface area contributed by atoms with Gasteiger partial charge in [0.1, 0.15) is 0 Å². The molecule has 2 fully saturated rings. The van der Waals surface area contributed by atoms with Crippen molar-refractivity contribution in [1.82, 2.24) is 0 Å². The number of amides is 1. The maximum absolute atomic E-state index is 11.7. The Kier molecular flexibility index (Phi) is 7.38. The number of hydrogen-bond donors (Lipinski definition) is 1. The maximum atomic E-state index is 11.7. The Morgan fingerprint density at radius 3 is 1.50 bits per heavy atom. The molecule has 2 aliphatic carbocycles. The van der Waals surface area contributed by atoms with Crippen molar-refractivity contribution in [2.24, 2.45) is 23.5 Å². The van der Waals surface area contributed by atoms with Gasteiger partial charge in [0.25, 0.3) is 0 Å². The van der Waals surface area contributed by atoms with Crippen molar-refractivity contribution in [2.45, 2.75) is 78.1 Å². The van der Waals surface area contributed by atoms with Gasteiger partial charge in [0, 0.05) is 7.34 Å². The number of hydrogen-bond acceptors (Lipinski definition) is 1. The number of primary amides is 1. The monoisotopic (exact) mass is 255 g/mol. The second-order valence-electron chi connectivity index (χ2n) is 5.72. The molecule has 0 aromatic heterocycles. The lowest BCUT2D eigenvalue weighted by Gasteiger charge is -2.35. The van der Waals surface area contributed by atoms with Gasteiger partial charge in [-0.3, -0.25) is 4.79 Å². The molecule has 0 aromatic carbocycles. The molecule has 18 heavy (non-hydrogen) atoms. The molecule has 0 bridgehead atoms. The van der Waals surface area contributed by atoms with Gasteiger partial charge in [-0.15, -0.1) is 0 Å². The molecule has 0 atom stereocenters. The predicted octanol–water partition coefficient (Wildman–Crippen LogP) is 4.52. The van der Waals surface area contributed by atoms with Gasteiger partial charge in [0.05, 0.1) is 0 Å². The van der Waals surface area contributed by atoms with Gasteiger partial charge in [0.15, 0.2) is 0 Å². The molecule has 2 saturated carbocycles. The van der Waals surface area contributed by atoms with Crippen LogP contribution in [0.1, 0.15) is 79.5 Å². The van der Waals surface area contributed by atoms with E-state index in [1.807, 2.05) is 13.8 Å². The molecule has 2 N–H and O–H groups in total. The lowest BCUT2D eigenvalue weighted by atomic mass is 9.69. The number of rotatable bonds is 3. The first-order valence-electron chi connectivity index (χ1n) is 8.08. The predicted molar refractivity (Wildman–Crippen MR) is 79.3 cm³/mol. The van der Waals surface area contributed by atoms with Crippen molar-refractivity contribution in [3.05, 3.63) is 0 Å². The fraction of sp³-hybridized carbons (Fsp3) is 0.938. The molecule has 2 nitrogen and oxygen atoms in total. The average Bonchev–Trinajstić information content (AvgIpc) is 2.43. The van der Waals surface area contributed by atoms with E-state index in [1.165, 1.54) is 64.2 Å². The quantitative estimate of drug-likeness (QED) is 0.791.